The summed E-state index contributed by atoms with van der Waals surface area (Å²) in [6, 6.07) is 6.07. The number of methoxy groups -OCH3 is 1. The van der Waals surface area contributed by atoms with Crippen molar-refractivity contribution in [2.45, 2.75) is 25.5 Å². The Balaban J connectivity index is 2.12. The van der Waals surface area contributed by atoms with Gasteiger partial charge in [0.1, 0.15) is 5.75 Å². The van der Waals surface area contributed by atoms with Crippen LogP contribution in [0.25, 0.3) is 0 Å². The van der Waals surface area contributed by atoms with Gasteiger partial charge in [0.25, 0.3) is 0 Å². The second-order valence-electron chi connectivity index (χ2n) is 4.81. The van der Waals surface area contributed by atoms with E-state index < -0.39 is 0 Å². The topological polar surface area (TPSA) is 30.5 Å². The number of likely N-dealkylation sites (N-methyl/N-ethyl adjacent to an activating group) is 1. The first-order valence-electron chi connectivity index (χ1n) is 6.99. The van der Waals surface area contributed by atoms with Gasteiger partial charge in [0.15, 0.2) is 0 Å². The minimum Gasteiger partial charge on any atom is -0.496 e. The first-order chi connectivity index (χ1) is 9.74. The molecule has 2 unspecified atom stereocenters. The van der Waals surface area contributed by atoms with Crippen LogP contribution in [-0.4, -0.2) is 43.9 Å². The lowest BCUT2D eigenvalue weighted by atomic mass is 10.0. The molecule has 1 fully saturated rings. The van der Waals surface area contributed by atoms with Crippen molar-refractivity contribution in [3.63, 3.8) is 0 Å². The third kappa shape index (κ3) is 4.29. The molecule has 0 aliphatic carbocycles. The molecule has 0 bridgehead atoms. The Bertz CT molecular complexity index is 424. The normalized spacial score (nSPS) is 20.6. The lowest BCUT2D eigenvalue weighted by Gasteiger charge is -2.31. The molecule has 1 aliphatic rings. The maximum absolute atomic E-state index is 6.11. The van der Waals surface area contributed by atoms with Crippen LogP contribution in [0, 0.1) is 0 Å². The van der Waals surface area contributed by atoms with E-state index in [1.807, 2.05) is 30.0 Å². The SMILES string of the molecule is CCNC(Cc1cc(Cl)ccc1OC)C1CSCCO1. The van der Waals surface area contributed by atoms with Crippen LogP contribution >= 0.6 is 23.4 Å². The van der Waals surface area contributed by atoms with Crippen molar-refractivity contribution in [3.8, 4) is 5.75 Å². The van der Waals surface area contributed by atoms with Crippen molar-refractivity contribution >= 4 is 23.4 Å². The fourth-order valence-electron chi connectivity index (χ4n) is 2.48. The lowest BCUT2D eigenvalue weighted by molar-refractivity contribution is 0.0474. The van der Waals surface area contributed by atoms with Crippen molar-refractivity contribution in [1.82, 2.24) is 5.32 Å². The highest BCUT2D eigenvalue weighted by atomic mass is 35.5. The molecule has 5 heteroatoms. The van der Waals surface area contributed by atoms with Gasteiger partial charge in [-0.15, -0.1) is 0 Å². The van der Waals surface area contributed by atoms with E-state index in [1.165, 1.54) is 0 Å². The van der Waals surface area contributed by atoms with Gasteiger partial charge in [0.05, 0.1) is 19.8 Å². The molecule has 2 rings (SSSR count). The molecule has 1 heterocycles. The highest BCUT2D eigenvalue weighted by molar-refractivity contribution is 7.99. The summed E-state index contributed by atoms with van der Waals surface area (Å²) >= 11 is 8.07. The zero-order valence-electron chi connectivity index (χ0n) is 12.0. The van der Waals surface area contributed by atoms with Crippen molar-refractivity contribution in [2.24, 2.45) is 0 Å². The van der Waals surface area contributed by atoms with Crippen LogP contribution in [0.4, 0.5) is 0 Å². The van der Waals surface area contributed by atoms with Crippen LogP contribution in [0.15, 0.2) is 18.2 Å². The van der Waals surface area contributed by atoms with Gasteiger partial charge in [-0.1, -0.05) is 18.5 Å². The van der Waals surface area contributed by atoms with Gasteiger partial charge < -0.3 is 14.8 Å². The molecule has 1 saturated heterocycles. The zero-order chi connectivity index (χ0) is 14.4. The quantitative estimate of drug-likeness (QED) is 0.874. The van der Waals surface area contributed by atoms with E-state index in [9.17, 15) is 0 Å². The molecular weight excluding hydrogens is 294 g/mol. The van der Waals surface area contributed by atoms with Gasteiger partial charge in [0.2, 0.25) is 0 Å². The van der Waals surface area contributed by atoms with E-state index in [2.05, 4.69) is 12.2 Å². The number of rotatable bonds is 6. The van der Waals surface area contributed by atoms with Crippen molar-refractivity contribution in [2.75, 3.05) is 31.8 Å². The van der Waals surface area contributed by atoms with E-state index in [4.69, 9.17) is 21.1 Å². The van der Waals surface area contributed by atoms with Gasteiger partial charge >= 0.3 is 0 Å². The summed E-state index contributed by atoms with van der Waals surface area (Å²) in [5.74, 6) is 3.02. The van der Waals surface area contributed by atoms with Crippen LogP contribution in [0.1, 0.15) is 12.5 Å². The Hall–Kier alpha value is -0.420. The third-order valence-electron chi connectivity index (χ3n) is 3.44. The molecule has 1 aromatic carbocycles. The highest BCUT2D eigenvalue weighted by Gasteiger charge is 2.25. The Labute approximate surface area is 130 Å². The molecule has 0 saturated carbocycles. The van der Waals surface area contributed by atoms with Crippen LogP contribution in [0.2, 0.25) is 5.02 Å². The summed E-state index contributed by atoms with van der Waals surface area (Å²) in [4.78, 5) is 0. The summed E-state index contributed by atoms with van der Waals surface area (Å²) in [5.41, 5.74) is 1.13. The fraction of sp³-hybridized carbons (Fsp3) is 0.600. The molecular formula is C15H22ClNO2S. The van der Waals surface area contributed by atoms with E-state index in [1.54, 1.807) is 7.11 Å². The average molecular weight is 316 g/mol. The number of hydrogen-bond acceptors (Lipinski definition) is 4. The molecule has 0 amide bonds. The van der Waals surface area contributed by atoms with Crippen LogP contribution < -0.4 is 10.1 Å². The van der Waals surface area contributed by atoms with Gasteiger partial charge in [-0.25, -0.2) is 0 Å². The third-order valence-corrected chi connectivity index (χ3v) is 4.69. The van der Waals surface area contributed by atoms with Crippen LogP contribution in [0.3, 0.4) is 0 Å². The van der Waals surface area contributed by atoms with Gasteiger partial charge in [-0.3, -0.25) is 0 Å². The Morgan fingerprint density at radius 3 is 3.05 bits per heavy atom. The van der Waals surface area contributed by atoms with Crippen molar-refractivity contribution < 1.29 is 9.47 Å². The maximum atomic E-state index is 6.11. The van der Waals surface area contributed by atoms with Crippen molar-refractivity contribution in [3.05, 3.63) is 28.8 Å². The predicted octanol–water partition coefficient (Wildman–Crippen LogP) is 3.00. The predicted molar refractivity (Wildman–Crippen MR) is 86.2 cm³/mol. The fourth-order valence-corrected chi connectivity index (χ4v) is 3.62. The monoisotopic (exact) mass is 315 g/mol. The summed E-state index contributed by atoms with van der Waals surface area (Å²) in [6.07, 6.45) is 1.11. The van der Waals surface area contributed by atoms with Gasteiger partial charge in [-0.05, 0) is 36.7 Å². The number of nitrogens with one attached hydrogen (secondary N) is 1. The molecule has 20 heavy (non-hydrogen) atoms. The largest absolute Gasteiger partial charge is 0.496 e. The Kier molecular flexibility index (Phi) is 6.49. The maximum Gasteiger partial charge on any atom is 0.122 e. The molecule has 1 aliphatic heterocycles. The zero-order valence-corrected chi connectivity index (χ0v) is 13.6. The molecule has 1 N–H and O–H groups in total. The van der Waals surface area contributed by atoms with E-state index in [0.29, 0.717) is 6.04 Å². The number of thioether (sulfide) groups is 1. The number of hydrogen-bond donors (Lipinski definition) is 1. The summed E-state index contributed by atoms with van der Waals surface area (Å²) in [6.45, 7) is 3.89. The second kappa shape index (κ2) is 8.13. The minimum absolute atomic E-state index is 0.248. The Morgan fingerprint density at radius 2 is 2.40 bits per heavy atom. The van der Waals surface area contributed by atoms with Gasteiger partial charge in [0, 0.05) is 22.6 Å². The molecule has 0 radical (unpaired) electrons. The van der Waals surface area contributed by atoms with Crippen molar-refractivity contribution in [1.29, 1.82) is 0 Å². The van der Waals surface area contributed by atoms with E-state index >= 15 is 0 Å². The first kappa shape index (κ1) is 16.0. The molecule has 3 nitrogen and oxygen atoms in total. The first-order valence-corrected chi connectivity index (χ1v) is 8.53. The minimum atomic E-state index is 0.248. The Morgan fingerprint density at radius 1 is 1.55 bits per heavy atom. The summed E-state index contributed by atoms with van der Waals surface area (Å²) in [5, 5.41) is 4.28. The molecule has 0 spiro atoms. The van der Waals surface area contributed by atoms with E-state index in [0.717, 1.165) is 47.4 Å². The molecule has 2 atom stereocenters. The average Bonchev–Trinajstić information content (AvgIpc) is 2.48. The number of halogens is 1. The van der Waals surface area contributed by atoms with Crippen LogP contribution in [-0.2, 0) is 11.2 Å². The number of benzene rings is 1. The summed E-state index contributed by atoms with van der Waals surface area (Å²) < 4.78 is 11.3. The molecule has 1 aromatic rings. The number of ether oxygens (including phenoxy) is 2. The summed E-state index contributed by atoms with van der Waals surface area (Å²) in [7, 11) is 1.70. The lowest BCUT2D eigenvalue weighted by Crippen LogP contribution is -2.46. The van der Waals surface area contributed by atoms with E-state index in [-0.39, 0.29) is 6.10 Å². The smallest absolute Gasteiger partial charge is 0.122 e. The standard InChI is InChI=1S/C15H22ClNO2S/c1-3-17-13(15-10-20-7-6-19-15)9-11-8-12(16)4-5-14(11)18-2/h4-5,8,13,15,17H,3,6-7,9-10H2,1-2H3. The van der Waals surface area contributed by atoms with Crippen LogP contribution in [0.5, 0.6) is 5.75 Å². The molecule has 0 aromatic heterocycles. The highest BCUT2D eigenvalue weighted by Crippen LogP contribution is 2.26. The van der Waals surface area contributed by atoms with Gasteiger partial charge in [-0.2, -0.15) is 11.8 Å². The second-order valence-corrected chi connectivity index (χ2v) is 6.39. The molecule has 112 valence electrons.